The molecule has 3 rings (SSSR count). The van der Waals surface area contributed by atoms with E-state index >= 15 is 0 Å². The number of hydrogen-bond acceptors (Lipinski definition) is 2. The number of nitrogens with two attached hydrogens (primary N) is 1. The van der Waals surface area contributed by atoms with Gasteiger partial charge in [0, 0.05) is 19.1 Å². The second-order valence-corrected chi connectivity index (χ2v) is 5.90. The van der Waals surface area contributed by atoms with Gasteiger partial charge in [-0.25, -0.2) is 4.39 Å². The van der Waals surface area contributed by atoms with Crippen LogP contribution in [0.3, 0.4) is 0 Å². The highest BCUT2D eigenvalue weighted by Crippen LogP contribution is 2.39. The summed E-state index contributed by atoms with van der Waals surface area (Å²) in [5.41, 5.74) is 7.52. The van der Waals surface area contributed by atoms with Crippen LogP contribution in [-0.2, 0) is 6.54 Å². The molecule has 1 unspecified atom stereocenters. The van der Waals surface area contributed by atoms with E-state index in [-0.39, 0.29) is 5.82 Å². The first-order valence-electron chi connectivity index (χ1n) is 7.55. The first-order valence-corrected chi connectivity index (χ1v) is 7.55. The van der Waals surface area contributed by atoms with Crippen LogP contribution in [0, 0.1) is 11.7 Å². The van der Waals surface area contributed by atoms with Gasteiger partial charge in [-0.15, -0.1) is 0 Å². The first kappa shape index (κ1) is 12.9. The molecule has 2 N–H and O–H groups in total. The Hall–Kier alpha value is -1.09. The molecule has 1 aromatic carbocycles. The van der Waals surface area contributed by atoms with Gasteiger partial charge in [0.1, 0.15) is 5.82 Å². The fourth-order valence-corrected chi connectivity index (χ4v) is 3.95. The molecule has 1 aliphatic heterocycles. The molecular formula is C16H23FN2. The maximum absolute atomic E-state index is 14.3. The molecule has 1 atom stereocenters. The molecule has 2 nitrogen and oxygen atoms in total. The van der Waals surface area contributed by atoms with Crippen molar-refractivity contribution in [3.8, 4) is 0 Å². The quantitative estimate of drug-likeness (QED) is 0.904. The van der Waals surface area contributed by atoms with Gasteiger partial charge >= 0.3 is 0 Å². The van der Waals surface area contributed by atoms with E-state index in [2.05, 4.69) is 4.90 Å². The predicted octanol–water partition coefficient (Wildman–Crippen LogP) is 3.44. The highest BCUT2D eigenvalue weighted by atomic mass is 19.1. The van der Waals surface area contributed by atoms with Crippen LogP contribution in [0.5, 0.6) is 0 Å². The molecule has 2 aliphatic rings. The van der Waals surface area contributed by atoms with Crippen LogP contribution in [0.2, 0.25) is 0 Å². The van der Waals surface area contributed by atoms with Crippen LogP contribution in [0.15, 0.2) is 18.2 Å². The first-order chi connectivity index (χ1) is 9.31. The lowest BCUT2D eigenvalue weighted by molar-refractivity contribution is 0.427. The lowest BCUT2D eigenvalue weighted by atomic mass is 9.95. The number of nitrogens with zero attached hydrogens (tertiary/aromatic N) is 1. The lowest BCUT2D eigenvalue weighted by Gasteiger charge is -2.33. The van der Waals surface area contributed by atoms with Crippen molar-refractivity contribution in [3.05, 3.63) is 29.6 Å². The van der Waals surface area contributed by atoms with Crippen LogP contribution in [-0.4, -0.2) is 12.6 Å². The van der Waals surface area contributed by atoms with Gasteiger partial charge in [-0.2, -0.15) is 0 Å². The van der Waals surface area contributed by atoms with Crippen molar-refractivity contribution in [1.29, 1.82) is 0 Å². The Morgan fingerprint density at radius 3 is 2.68 bits per heavy atom. The third-order valence-electron chi connectivity index (χ3n) is 4.82. The molecule has 1 heterocycles. The molecule has 0 spiro atoms. The molecule has 0 aromatic heterocycles. The standard InChI is InChI=1S/C16H23FN2/c17-14-8-3-7-13(11-18)16(14)19-10-4-9-15(19)12-5-1-2-6-12/h3,7-8,12,15H,1-2,4-6,9-11,18H2. The summed E-state index contributed by atoms with van der Waals surface area (Å²) in [6.07, 6.45) is 7.70. The second kappa shape index (κ2) is 5.49. The summed E-state index contributed by atoms with van der Waals surface area (Å²) in [6, 6.07) is 5.83. The lowest BCUT2D eigenvalue weighted by Crippen LogP contribution is -2.36. The zero-order valence-electron chi connectivity index (χ0n) is 11.4. The van der Waals surface area contributed by atoms with Crippen molar-refractivity contribution in [3.63, 3.8) is 0 Å². The number of benzene rings is 1. The number of para-hydroxylation sites is 1. The third-order valence-corrected chi connectivity index (χ3v) is 4.82. The molecule has 0 bridgehead atoms. The minimum absolute atomic E-state index is 0.104. The van der Waals surface area contributed by atoms with Crippen LogP contribution in [0.1, 0.15) is 44.1 Å². The maximum Gasteiger partial charge on any atom is 0.146 e. The van der Waals surface area contributed by atoms with E-state index in [0.29, 0.717) is 12.6 Å². The summed E-state index contributed by atoms with van der Waals surface area (Å²) in [7, 11) is 0. The van der Waals surface area contributed by atoms with Crippen molar-refractivity contribution in [2.24, 2.45) is 11.7 Å². The third kappa shape index (κ3) is 2.36. The number of hydrogen-bond donors (Lipinski definition) is 1. The topological polar surface area (TPSA) is 29.3 Å². The summed E-state index contributed by atoms with van der Waals surface area (Å²) in [6.45, 7) is 1.40. The molecule has 1 saturated carbocycles. The van der Waals surface area contributed by atoms with Crippen molar-refractivity contribution >= 4 is 5.69 Å². The van der Waals surface area contributed by atoms with Crippen LogP contribution >= 0.6 is 0 Å². The van der Waals surface area contributed by atoms with E-state index in [4.69, 9.17) is 5.73 Å². The Morgan fingerprint density at radius 1 is 1.16 bits per heavy atom. The fourth-order valence-electron chi connectivity index (χ4n) is 3.95. The van der Waals surface area contributed by atoms with Crippen LogP contribution < -0.4 is 10.6 Å². The molecule has 1 aromatic rings. The van der Waals surface area contributed by atoms with Crippen molar-refractivity contribution < 1.29 is 4.39 Å². The van der Waals surface area contributed by atoms with Crippen molar-refractivity contribution in [2.45, 2.75) is 51.1 Å². The van der Waals surface area contributed by atoms with E-state index < -0.39 is 0 Å². The summed E-state index contributed by atoms with van der Waals surface area (Å²) in [4.78, 5) is 2.31. The molecule has 0 amide bonds. The zero-order chi connectivity index (χ0) is 13.2. The Bertz CT molecular complexity index is 440. The molecule has 104 valence electrons. The van der Waals surface area contributed by atoms with E-state index in [9.17, 15) is 4.39 Å². The van der Waals surface area contributed by atoms with Gasteiger partial charge in [-0.05, 0) is 43.2 Å². The smallest absolute Gasteiger partial charge is 0.146 e. The van der Waals surface area contributed by atoms with Gasteiger partial charge in [-0.3, -0.25) is 0 Å². The molecular weight excluding hydrogens is 239 g/mol. The van der Waals surface area contributed by atoms with Crippen molar-refractivity contribution in [1.82, 2.24) is 0 Å². The van der Waals surface area contributed by atoms with E-state index in [0.717, 1.165) is 23.7 Å². The normalized spacial score (nSPS) is 24.3. The molecule has 2 fully saturated rings. The van der Waals surface area contributed by atoms with E-state index in [1.54, 1.807) is 12.1 Å². The minimum atomic E-state index is -0.104. The highest BCUT2D eigenvalue weighted by molar-refractivity contribution is 5.56. The zero-order valence-corrected chi connectivity index (χ0v) is 11.4. The average Bonchev–Trinajstić information content (AvgIpc) is 3.08. The molecule has 3 heteroatoms. The molecule has 19 heavy (non-hydrogen) atoms. The van der Waals surface area contributed by atoms with E-state index in [1.807, 2.05) is 6.07 Å². The Kier molecular flexibility index (Phi) is 3.74. The van der Waals surface area contributed by atoms with Crippen molar-refractivity contribution in [2.75, 3.05) is 11.4 Å². The predicted molar refractivity (Wildman–Crippen MR) is 76.6 cm³/mol. The van der Waals surface area contributed by atoms with Gasteiger partial charge in [0.2, 0.25) is 0 Å². The van der Waals surface area contributed by atoms with Crippen LogP contribution in [0.4, 0.5) is 10.1 Å². The molecule has 1 aliphatic carbocycles. The Labute approximate surface area is 114 Å². The summed E-state index contributed by atoms with van der Waals surface area (Å²) in [5, 5.41) is 0. The summed E-state index contributed by atoms with van der Waals surface area (Å²) < 4.78 is 14.3. The second-order valence-electron chi connectivity index (χ2n) is 5.90. The van der Waals surface area contributed by atoms with Gasteiger partial charge < -0.3 is 10.6 Å². The van der Waals surface area contributed by atoms with Gasteiger partial charge in [-0.1, -0.05) is 25.0 Å². The number of anilines is 1. The minimum Gasteiger partial charge on any atom is -0.366 e. The SMILES string of the molecule is NCc1cccc(F)c1N1CCCC1C1CCCC1. The monoisotopic (exact) mass is 262 g/mol. The number of rotatable bonds is 3. The van der Waals surface area contributed by atoms with Gasteiger partial charge in [0.25, 0.3) is 0 Å². The Morgan fingerprint density at radius 2 is 1.95 bits per heavy atom. The highest BCUT2D eigenvalue weighted by Gasteiger charge is 2.35. The summed E-state index contributed by atoms with van der Waals surface area (Å²) in [5.74, 6) is 0.653. The average molecular weight is 262 g/mol. The maximum atomic E-state index is 14.3. The molecule has 0 radical (unpaired) electrons. The van der Waals surface area contributed by atoms with Crippen LogP contribution in [0.25, 0.3) is 0 Å². The molecule has 1 saturated heterocycles. The largest absolute Gasteiger partial charge is 0.366 e. The Balaban J connectivity index is 1.91. The van der Waals surface area contributed by atoms with E-state index in [1.165, 1.54) is 38.5 Å². The fraction of sp³-hybridized carbons (Fsp3) is 0.625. The number of halogens is 1. The summed E-state index contributed by atoms with van der Waals surface area (Å²) >= 11 is 0. The van der Waals surface area contributed by atoms with Gasteiger partial charge in [0.15, 0.2) is 0 Å². The van der Waals surface area contributed by atoms with Gasteiger partial charge in [0.05, 0.1) is 5.69 Å².